The molecule has 0 atom stereocenters. The molecule has 0 aliphatic carbocycles. The van der Waals surface area contributed by atoms with E-state index < -0.39 is 9.84 Å². The maximum Gasteiger partial charge on any atom is 0.220 e. The Hall–Kier alpha value is -3.76. The summed E-state index contributed by atoms with van der Waals surface area (Å²) in [7, 11) is -4.00. The number of hydrogen-bond donors (Lipinski definition) is 1. The van der Waals surface area contributed by atoms with Crippen molar-refractivity contribution in [1.29, 1.82) is 5.26 Å². The van der Waals surface area contributed by atoms with Crippen LogP contribution in [0.25, 0.3) is 0 Å². The summed E-state index contributed by atoms with van der Waals surface area (Å²) in [6.07, 6.45) is 0. The summed E-state index contributed by atoms with van der Waals surface area (Å²) in [5, 5.41) is 13.2. The molecule has 168 valence electrons. The van der Waals surface area contributed by atoms with Crippen LogP contribution in [0.1, 0.15) is 5.56 Å². The van der Waals surface area contributed by atoms with Gasteiger partial charge in [0.25, 0.3) is 0 Å². The minimum absolute atomic E-state index is 0.111. The number of nitriles is 1. The lowest BCUT2D eigenvalue weighted by atomic mass is 10.2. The van der Waals surface area contributed by atoms with E-state index in [-0.39, 0.29) is 9.80 Å². The Labute approximate surface area is 195 Å². The summed E-state index contributed by atoms with van der Waals surface area (Å²) in [6, 6.07) is 28.0. The number of benzene rings is 3. The number of nitrogens with one attached hydrogen (secondary N) is 1. The average Bonchev–Trinajstić information content (AvgIpc) is 2.85. The van der Waals surface area contributed by atoms with Crippen molar-refractivity contribution in [2.75, 3.05) is 36.4 Å². The molecule has 0 spiro atoms. The number of rotatable bonds is 6. The highest BCUT2D eigenvalue weighted by Gasteiger charge is 2.30. The van der Waals surface area contributed by atoms with Gasteiger partial charge in [0.05, 0.1) is 4.90 Å². The lowest BCUT2D eigenvalue weighted by molar-refractivity contribution is 0.324. The number of sulfone groups is 1. The highest BCUT2D eigenvalue weighted by Crippen LogP contribution is 2.27. The minimum Gasteiger partial charge on any atom is -0.368 e. The first-order valence-electron chi connectivity index (χ1n) is 10.8. The van der Waals surface area contributed by atoms with Gasteiger partial charge in [-0.15, -0.1) is 0 Å². The summed E-state index contributed by atoms with van der Waals surface area (Å²) in [6.45, 7) is 4.49. The molecule has 6 nitrogen and oxygen atoms in total. The van der Waals surface area contributed by atoms with Crippen molar-refractivity contribution in [3.8, 4) is 6.07 Å². The minimum atomic E-state index is -4.00. The maximum absolute atomic E-state index is 13.5. The number of allylic oxidation sites excluding steroid dienone is 1. The molecule has 1 N–H and O–H groups in total. The van der Waals surface area contributed by atoms with Crippen LogP contribution in [-0.2, 0) is 9.84 Å². The number of para-hydroxylation sites is 2. The third-order valence-corrected chi connectivity index (χ3v) is 7.39. The van der Waals surface area contributed by atoms with Crippen molar-refractivity contribution in [2.24, 2.45) is 0 Å². The van der Waals surface area contributed by atoms with Crippen molar-refractivity contribution in [3.05, 3.63) is 101 Å². The van der Waals surface area contributed by atoms with E-state index in [0.29, 0.717) is 32.0 Å². The molecule has 1 saturated heterocycles. The summed E-state index contributed by atoms with van der Waals surface area (Å²) in [5.41, 5.74) is 2.81. The Morgan fingerprint density at radius 3 is 2.00 bits per heavy atom. The SMILES string of the molecule is Cc1ccc(S(=O)(=O)/C(C#N)=C(/Nc2ccccc2)N2CCN(c3ccccc3)CC2)cc1. The van der Waals surface area contributed by atoms with Gasteiger partial charge in [-0.05, 0) is 43.3 Å². The van der Waals surface area contributed by atoms with E-state index in [0.717, 1.165) is 16.9 Å². The Morgan fingerprint density at radius 2 is 1.42 bits per heavy atom. The quantitative estimate of drug-likeness (QED) is 0.552. The second-order valence-corrected chi connectivity index (χ2v) is 9.79. The van der Waals surface area contributed by atoms with Crippen LogP contribution in [0.4, 0.5) is 11.4 Å². The smallest absolute Gasteiger partial charge is 0.220 e. The molecule has 0 radical (unpaired) electrons. The standard InChI is InChI=1S/C26H26N4O2S/c1-21-12-14-24(15-13-21)33(31,32)25(20-27)26(28-22-8-4-2-5-9-22)30-18-16-29(17-19-30)23-10-6-3-7-11-23/h2-15,28H,16-19H2,1H3/b26-25-. The molecule has 0 aromatic heterocycles. The maximum atomic E-state index is 13.5. The van der Waals surface area contributed by atoms with Crippen LogP contribution < -0.4 is 10.2 Å². The zero-order valence-corrected chi connectivity index (χ0v) is 19.3. The van der Waals surface area contributed by atoms with Gasteiger partial charge < -0.3 is 15.1 Å². The van der Waals surface area contributed by atoms with Gasteiger partial charge in [-0.1, -0.05) is 54.1 Å². The number of anilines is 2. The van der Waals surface area contributed by atoms with Gasteiger partial charge in [-0.25, -0.2) is 8.42 Å². The fourth-order valence-electron chi connectivity index (χ4n) is 3.84. The Balaban J connectivity index is 1.70. The zero-order valence-electron chi connectivity index (χ0n) is 18.5. The first-order chi connectivity index (χ1) is 16.0. The molecule has 0 saturated carbocycles. The van der Waals surface area contributed by atoms with Crippen LogP contribution in [0.5, 0.6) is 0 Å². The molecule has 1 fully saturated rings. The predicted molar refractivity (Wildman–Crippen MR) is 131 cm³/mol. The number of aryl methyl sites for hydroxylation is 1. The molecule has 7 heteroatoms. The van der Waals surface area contributed by atoms with Crippen molar-refractivity contribution < 1.29 is 8.42 Å². The van der Waals surface area contributed by atoms with Crippen LogP contribution in [0.2, 0.25) is 0 Å². The predicted octanol–water partition coefficient (Wildman–Crippen LogP) is 4.40. The molecular formula is C26H26N4O2S. The van der Waals surface area contributed by atoms with E-state index in [1.165, 1.54) is 0 Å². The molecule has 0 amide bonds. The van der Waals surface area contributed by atoms with Gasteiger partial charge in [0.15, 0.2) is 4.91 Å². The Kier molecular flexibility index (Phi) is 6.66. The van der Waals surface area contributed by atoms with Crippen LogP contribution in [-0.4, -0.2) is 39.5 Å². The summed E-state index contributed by atoms with van der Waals surface area (Å²) >= 11 is 0. The second-order valence-electron chi connectivity index (χ2n) is 7.91. The first kappa shape index (κ1) is 22.4. The van der Waals surface area contributed by atoms with Gasteiger partial charge in [0, 0.05) is 37.6 Å². The van der Waals surface area contributed by atoms with Crippen molar-refractivity contribution in [1.82, 2.24) is 4.90 Å². The third kappa shape index (κ3) is 5.02. The Morgan fingerprint density at radius 1 is 0.848 bits per heavy atom. The van der Waals surface area contributed by atoms with Crippen molar-refractivity contribution >= 4 is 21.2 Å². The molecule has 1 aliphatic rings. The molecule has 3 aromatic rings. The van der Waals surface area contributed by atoms with Gasteiger partial charge in [-0.2, -0.15) is 5.26 Å². The van der Waals surface area contributed by atoms with E-state index >= 15 is 0 Å². The molecule has 1 heterocycles. The van der Waals surface area contributed by atoms with Gasteiger partial charge in [0.2, 0.25) is 9.84 Å². The highest BCUT2D eigenvalue weighted by molar-refractivity contribution is 7.95. The monoisotopic (exact) mass is 458 g/mol. The van der Waals surface area contributed by atoms with E-state index in [9.17, 15) is 13.7 Å². The number of hydrogen-bond acceptors (Lipinski definition) is 6. The van der Waals surface area contributed by atoms with E-state index in [4.69, 9.17) is 0 Å². The van der Waals surface area contributed by atoms with Gasteiger partial charge in [0.1, 0.15) is 11.9 Å². The molecule has 3 aromatic carbocycles. The Bertz CT molecular complexity index is 1260. The molecule has 4 rings (SSSR count). The normalized spacial score (nSPS) is 14.9. The van der Waals surface area contributed by atoms with Crippen LogP contribution in [0.15, 0.2) is 101 Å². The van der Waals surface area contributed by atoms with Crippen molar-refractivity contribution in [3.63, 3.8) is 0 Å². The first-order valence-corrected chi connectivity index (χ1v) is 12.3. The molecular weight excluding hydrogens is 432 g/mol. The zero-order chi connectivity index (χ0) is 23.3. The second kappa shape index (κ2) is 9.80. The average molecular weight is 459 g/mol. The number of piperazine rings is 1. The third-order valence-electron chi connectivity index (χ3n) is 5.67. The fraction of sp³-hybridized carbons (Fsp3) is 0.192. The topological polar surface area (TPSA) is 76.4 Å². The van der Waals surface area contributed by atoms with Crippen LogP contribution in [0.3, 0.4) is 0 Å². The summed E-state index contributed by atoms with van der Waals surface area (Å²) in [5.74, 6) is 0.317. The van der Waals surface area contributed by atoms with E-state index in [1.54, 1.807) is 24.3 Å². The molecule has 0 bridgehead atoms. The van der Waals surface area contributed by atoms with E-state index in [2.05, 4.69) is 22.3 Å². The summed E-state index contributed by atoms with van der Waals surface area (Å²) < 4.78 is 27.0. The lowest BCUT2D eigenvalue weighted by Gasteiger charge is -2.38. The molecule has 33 heavy (non-hydrogen) atoms. The van der Waals surface area contributed by atoms with Gasteiger partial charge >= 0.3 is 0 Å². The highest BCUT2D eigenvalue weighted by atomic mass is 32.2. The molecule has 1 aliphatic heterocycles. The summed E-state index contributed by atoms with van der Waals surface area (Å²) in [4.78, 5) is 4.05. The largest absolute Gasteiger partial charge is 0.368 e. The van der Waals surface area contributed by atoms with Crippen molar-refractivity contribution in [2.45, 2.75) is 11.8 Å². The fourth-order valence-corrected chi connectivity index (χ4v) is 5.13. The van der Waals surface area contributed by atoms with E-state index in [1.807, 2.05) is 66.4 Å². The van der Waals surface area contributed by atoms with Crippen LogP contribution >= 0.6 is 0 Å². The molecule has 0 unspecified atom stereocenters. The lowest BCUT2D eigenvalue weighted by Crippen LogP contribution is -2.47. The number of nitrogens with zero attached hydrogens (tertiary/aromatic N) is 3. The van der Waals surface area contributed by atoms with Crippen LogP contribution in [0, 0.1) is 18.3 Å². The van der Waals surface area contributed by atoms with Gasteiger partial charge in [-0.3, -0.25) is 0 Å².